The van der Waals surface area contributed by atoms with E-state index in [1.54, 1.807) is 0 Å². The number of ether oxygens (including phenoxy) is 1. The Labute approximate surface area is 185 Å². The van der Waals surface area contributed by atoms with Crippen LogP contribution in [-0.4, -0.2) is 11.6 Å². The van der Waals surface area contributed by atoms with Gasteiger partial charge in [0.15, 0.2) is 0 Å². The average Bonchev–Trinajstić information content (AvgIpc) is 2.79. The Morgan fingerprint density at radius 3 is 2.23 bits per heavy atom. The fourth-order valence-corrected chi connectivity index (χ4v) is 3.59. The molecule has 0 aliphatic carbocycles. The van der Waals surface area contributed by atoms with Gasteiger partial charge in [0.25, 0.3) is 0 Å². The summed E-state index contributed by atoms with van der Waals surface area (Å²) in [6.07, 6.45) is 7.46. The van der Waals surface area contributed by atoms with Gasteiger partial charge in [-0.3, -0.25) is 0 Å². The molecule has 0 unspecified atom stereocenters. The number of hydrogen-bond donors (Lipinski definition) is 1. The van der Waals surface area contributed by atoms with Crippen molar-refractivity contribution in [1.82, 2.24) is 4.98 Å². The van der Waals surface area contributed by atoms with Crippen molar-refractivity contribution in [3.8, 4) is 34.2 Å². The van der Waals surface area contributed by atoms with Crippen molar-refractivity contribution in [2.75, 3.05) is 12.3 Å². The zero-order chi connectivity index (χ0) is 22.1. The number of nitrogens with zero attached hydrogens (tertiary/aromatic N) is 2. The second kappa shape index (κ2) is 11.2. The predicted octanol–water partition coefficient (Wildman–Crippen LogP) is 6.92. The maximum absolute atomic E-state index is 9.64. The standard InChI is InChI=1S/C27H31N3O/c1-3-4-5-6-7-8-17-31-23-15-13-21(14-16-23)24-18-26(30-27(29)25(24)19-28)22-11-9-20(2)10-12-22/h9-16,18H,3-8,17H2,1-2H3,(H2,29,30). The third-order valence-corrected chi connectivity index (χ3v) is 5.44. The van der Waals surface area contributed by atoms with Crippen molar-refractivity contribution >= 4 is 5.82 Å². The molecule has 0 fully saturated rings. The minimum absolute atomic E-state index is 0.249. The Morgan fingerprint density at radius 2 is 1.55 bits per heavy atom. The Kier molecular flexibility index (Phi) is 8.06. The van der Waals surface area contributed by atoms with E-state index in [1.165, 1.54) is 37.7 Å². The maximum atomic E-state index is 9.64. The van der Waals surface area contributed by atoms with Crippen LogP contribution in [0.4, 0.5) is 5.82 Å². The van der Waals surface area contributed by atoms with Crippen LogP contribution < -0.4 is 10.5 Å². The number of aryl methyl sites for hydroxylation is 1. The summed E-state index contributed by atoms with van der Waals surface area (Å²) in [6, 6.07) is 20.1. The van der Waals surface area contributed by atoms with Gasteiger partial charge in [-0.25, -0.2) is 4.98 Å². The molecular formula is C27H31N3O. The van der Waals surface area contributed by atoms with E-state index in [-0.39, 0.29) is 5.82 Å². The van der Waals surface area contributed by atoms with Gasteiger partial charge in [0.1, 0.15) is 23.2 Å². The first-order chi connectivity index (χ1) is 15.1. The van der Waals surface area contributed by atoms with Crippen LogP contribution in [0.3, 0.4) is 0 Å². The molecule has 31 heavy (non-hydrogen) atoms. The summed E-state index contributed by atoms with van der Waals surface area (Å²) in [5.74, 6) is 1.09. The summed E-state index contributed by atoms with van der Waals surface area (Å²) in [5, 5.41) is 9.64. The average molecular weight is 414 g/mol. The molecule has 0 atom stereocenters. The largest absolute Gasteiger partial charge is 0.494 e. The van der Waals surface area contributed by atoms with Gasteiger partial charge < -0.3 is 10.5 Å². The Hall–Kier alpha value is -3.32. The highest BCUT2D eigenvalue weighted by Gasteiger charge is 2.13. The highest BCUT2D eigenvalue weighted by atomic mass is 16.5. The lowest BCUT2D eigenvalue weighted by Gasteiger charge is -2.12. The molecule has 4 heteroatoms. The Morgan fingerprint density at radius 1 is 0.903 bits per heavy atom. The van der Waals surface area contributed by atoms with Gasteiger partial charge in [0, 0.05) is 11.1 Å². The lowest BCUT2D eigenvalue weighted by molar-refractivity contribution is 0.304. The van der Waals surface area contributed by atoms with Crippen LogP contribution in [0.1, 0.15) is 56.6 Å². The lowest BCUT2D eigenvalue weighted by atomic mass is 9.98. The molecule has 0 bridgehead atoms. The van der Waals surface area contributed by atoms with E-state index in [0.29, 0.717) is 5.56 Å². The molecule has 160 valence electrons. The normalized spacial score (nSPS) is 10.6. The van der Waals surface area contributed by atoms with Crippen molar-refractivity contribution in [2.45, 2.75) is 52.4 Å². The van der Waals surface area contributed by atoms with Crippen LogP contribution in [0.15, 0.2) is 54.6 Å². The van der Waals surface area contributed by atoms with Crippen molar-refractivity contribution in [1.29, 1.82) is 5.26 Å². The summed E-state index contributed by atoms with van der Waals surface area (Å²) in [6.45, 7) is 5.01. The smallest absolute Gasteiger partial charge is 0.142 e. The Balaban J connectivity index is 1.73. The van der Waals surface area contributed by atoms with Crippen LogP contribution in [0.2, 0.25) is 0 Å². The van der Waals surface area contributed by atoms with Crippen molar-refractivity contribution in [3.05, 3.63) is 65.7 Å². The Bertz CT molecular complexity index is 1020. The maximum Gasteiger partial charge on any atom is 0.142 e. The molecule has 1 aromatic heterocycles. The second-order valence-corrected chi connectivity index (χ2v) is 7.93. The van der Waals surface area contributed by atoms with E-state index in [9.17, 15) is 5.26 Å². The van der Waals surface area contributed by atoms with Gasteiger partial charge >= 0.3 is 0 Å². The molecule has 3 rings (SSSR count). The summed E-state index contributed by atoms with van der Waals surface area (Å²) >= 11 is 0. The van der Waals surface area contributed by atoms with Crippen molar-refractivity contribution in [3.63, 3.8) is 0 Å². The first-order valence-electron chi connectivity index (χ1n) is 11.1. The molecule has 0 aliphatic heterocycles. The summed E-state index contributed by atoms with van der Waals surface area (Å²) < 4.78 is 5.89. The number of pyridine rings is 1. The van der Waals surface area contributed by atoms with Crippen molar-refractivity contribution < 1.29 is 4.74 Å². The molecule has 4 nitrogen and oxygen atoms in total. The molecule has 1 heterocycles. The number of nitrogen functional groups attached to an aromatic ring is 1. The van der Waals surface area contributed by atoms with Crippen LogP contribution in [-0.2, 0) is 0 Å². The van der Waals surface area contributed by atoms with E-state index in [2.05, 4.69) is 18.0 Å². The molecular weight excluding hydrogens is 382 g/mol. The zero-order valence-electron chi connectivity index (χ0n) is 18.5. The minimum atomic E-state index is 0.249. The SMILES string of the molecule is CCCCCCCCOc1ccc(-c2cc(-c3ccc(C)cc3)nc(N)c2C#N)cc1. The molecule has 0 aliphatic rings. The summed E-state index contributed by atoms with van der Waals surface area (Å²) in [4.78, 5) is 4.45. The number of benzene rings is 2. The summed E-state index contributed by atoms with van der Waals surface area (Å²) in [7, 11) is 0. The highest BCUT2D eigenvalue weighted by Crippen LogP contribution is 2.32. The highest BCUT2D eigenvalue weighted by molar-refractivity contribution is 5.80. The van der Waals surface area contributed by atoms with Gasteiger partial charge in [0.05, 0.1) is 12.3 Å². The first-order valence-corrected chi connectivity index (χ1v) is 11.1. The zero-order valence-corrected chi connectivity index (χ0v) is 18.5. The number of nitrogens with two attached hydrogens (primary N) is 1. The molecule has 2 aromatic carbocycles. The van der Waals surface area contributed by atoms with Crippen LogP contribution in [0, 0.1) is 18.3 Å². The van der Waals surface area contributed by atoms with E-state index >= 15 is 0 Å². The fraction of sp³-hybridized carbons (Fsp3) is 0.333. The number of aromatic nitrogens is 1. The topological polar surface area (TPSA) is 71.9 Å². The van der Waals surface area contributed by atoms with Crippen molar-refractivity contribution in [2.24, 2.45) is 0 Å². The molecule has 0 saturated carbocycles. The first kappa shape index (κ1) is 22.4. The number of rotatable bonds is 10. The minimum Gasteiger partial charge on any atom is -0.494 e. The second-order valence-electron chi connectivity index (χ2n) is 7.93. The van der Waals surface area contributed by atoms with E-state index < -0.39 is 0 Å². The molecule has 3 aromatic rings. The van der Waals surface area contributed by atoms with Crippen LogP contribution >= 0.6 is 0 Å². The molecule has 0 radical (unpaired) electrons. The predicted molar refractivity (Wildman–Crippen MR) is 128 cm³/mol. The number of unbranched alkanes of at least 4 members (excludes halogenated alkanes) is 5. The third-order valence-electron chi connectivity index (χ3n) is 5.44. The van der Waals surface area contributed by atoms with Gasteiger partial charge in [0.2, 0.25) is 0 Å². The van der Waals surface area contributed by atoms with Gasteiger partial charge in [-0.2, -0.15) is 5.26 Å². The quantitative estimate of drug-likeness (QED) is 0.366. The van der Waals surface area contributed by atoms with E-state index in [4.69, 9.17) is 10.5 Å². The van der Waals surface area contributed by atoms with Crippen LogP contribution in [0.25, 0.3) is 22.4 Å². The van der Waals surface area contributed by atoms with Gasteiger partial charge in [-0.15, -0.1) is 0 Å². The van der Waals surface area contributed by atoms with Crippen LogP contribution in [0.5, 0.6) is 5.75 Å². The van der Waals surface area contributed by atoms with Gasteiger partial charge in [-0.05, 0) is 37.1 Å². The third kappa shape index (κ3) is 6.08. The number of nitriles is 1. The number of anilines is 1. The molecule has 0 saturated heterocycles. The van der Waals surface area contributed by atoms with Gasteiger partial charge in [-0.1, -0.05) is 81.0 Å². The van der Waals surface area contributed by atoms with E-state index in [1.807, 2.05) is 61.5 Å². The molecule has 0 spiro atoms. The van der Waals surface area contributed by atoms with E-state index in [0.717, 1.165) is 41.2 Å². The summed E-state index contributed by atoms with van der Waals surface area (Å²) in [5.41, 5.74) is 11.2. The molecule has 0 amide bonds. The molecule has 2 N–H and O–H groups in total. The number of hydrogen-bond acceptors (Lipinski definition) is 4. The fourth-order valence-electron chi connectivity index (χ4n) is 3.59. The lowest BCUT2D eigenvalue weighted by Crippen LogP contribution is -2.00. The monoisotopic (exact) mass is 413 g/mol.